The van der Waals surface area contributed by atoms with Crippen molar-refractivity contribution in [1.82, 2.24) is 0 Å². The smallest absolute Gasteiger partial charge is 0.243 e. The normalized spacial score (nSPS) is 11.3. The number of benzene rings is 1. The van der Waals surface area contributed by atoms with Gasteiger partial charge >= 0.3 is 0 Å². The molecule has 0 aliphatic rings. The van der Waals surface area contributed by atoms with Gasteiger partial charge in [-0.2, -0.15) is 0 Å². The van der Waals surface area contributed by atoms with Crippen LogP contribution in [0.25, 0.3) is 0 Å². The SMILES string of the molecule is COCC(N)C(=O)Nc1ccc(C)cc1OC.Cl. The van der Waals surface area contributed by atoms with Crippen molar-refractivity contribution < 1.29 is 14.3 Å². The van der Waals surface area contributed by atoms with Crippen molar-refractivity contribution in [3.05, 3.63) is 23.8 Å². The number of carbonyl (C=O) groups excluding carboxylic acids is 1. The lowest BCUT2D eigenvalue weighted by Gasteiger charge is -2.14. The molecule has 102 valence electrons. The maximum absolute atomic E-state index is 11.7. The van der Waals surface area contributed by atoms with Crippen LogP contribution in [0.5, 0.6) is 5.75 Å². The molecule has 0 spiro atoms. The zero-order valence-corrected chi connectivity index (χ0v) is 11.5. The minimum absolute atomic E-state index is 0. The minimum atomic E-state index is -0.689. The Kier molecular flexibility index (Phi) is 7.35. The molecule has 0 aliphatic heterocycles. The maximum Gasteiger partial charge on any atom is 0.243 e. The van der Waals surface area contributed by atoms with Crippen LogP contribution in [-0.2, 0) is 9.53 Å². The lowest BCUT2D eigenvalue weighted by atomic mass is 10.2. The molecule has 0 aromatic heterocycles. The van der Waals surface area contributed by atoms with Gasteiger partial charge in [-0.15, -0.1) is 12.4 Å². The van der Waals surface area contributed by atoms with Gasteiger partial charge in [0, 0.05) is 7.11 Å². The van der Waals surface area contributed by atoms with Gasteiger partial charge in [0.25, 0.3) is 0 Å². The number of nitrogens with two attached hydrogens (primary N) is 1. The molecule has 6 heteroatoms. The van der Waals surface area contributed by atoms with Crippen molar-refractivity contribution in [3.63, 3.8) is 0 Å². The van der Waals surface area contributed by atoms with E-state index in [1.165, 1.54) is 7.11 Å². The number of hydrogen-bond donors (Lipinski definition) is 2. The van der Waals surface area contributed by atoms with Gasteiger partial charge in [0.2, 0.25) is 5.91 Å². The molecular formula is C12H19ClN2O3. The summed E-state index contributed by atoms with van der Waals surface area (Å²) in [7, 11) is 3.05. The Morgan fingerprint density at radius 1 is 1.44 bits per heavy atom. The molecule has 0 saturated carbocycles. The first-order chi connectivity index (χ1) is 8.08. The fourth-order valence-electron chi connectivity index (χ4n) is 1.38. The molecule has 0 bridgehead atoms. The first-order valence-electron chi connectivity index (χ1n) is 5.28. The third-order valence-electron chi connectivity index (χ3n) is 2.30. The Bertz CT molecular complexity index is 399. The molecular weight excluding hydrogens is 256 g/mol. The molecule has 3 N–H and O–H groups in total. The molecule has 0 heterocycles. The van der Waals surface area contributed by atoms with E-state index in [0.29, 0.717) is 11.4 Å². The van der Waals surface area contributed by atoms with E-state index in [1.807, 2.05) is 19.1 Å². The standard InChI is InChI=1S/C12H18N2O3.ClH/c1-8-4-5-10(11(6-8)17-3)14-12(15)9(13)7-16-2;/h4-6,9H,7,13H2,1-3H3,(H,14,15);1H. The van der Waals surface area contributed by atoms with Crippen LogP contribution in [0, 0.1) is 6.92 Å². The van der Waals surface area contributed by atoms with E-state index in [2.05, 4.69) is 5.32 Å². The van der Waals surface area contributed by atoms with Gasteiger partial charge in [0.1, 0.15) is 11.8 Å². The van der Waals surface area contributed by atoms with Crippen LogP contribution in [0.4, 0.5) is 5.69 Å². The number of ether oxygens (including phenoxy) is 2. The number of methoxy groups -OCH3 is 2. The number of hydrogen-bond acceptors (Lipinski definition) is 4. The molecule has 1 amide bonds. The highest BCUT2D eigenvalue weighted by Gasteiger charge is 2.15. The molecule has 0 aliphatic carbocycles. The van der Waals surface area contributed by atoms with E-state index in [1.54, 1.807) is 13.2 Å². The van der Waals surface area contributed by atoms with E-state index in [9.17, 15) is 4.79 Å². The third-order valence-corrected chi connectivity index (χ3v) is 2.30. The lowest BCUT2D eigenvalue weighted by molar-refractivity contribution is -0.118. The topological polar surface area (TPSA) is 73.6 Å². The van der Waals surface area contributed by atoms with E-state index >= 15 is 0 Å². The lowest BCUT2D eigenvalue weighted by Crippen LogP contribution is -2.39. The zero-order valence-electron chi connectivity index (χ0n) is 10.7. The van der Waals surface area contributed by atoms with E-state index in [-0.39, 0.29) is 24.9 Å². The summed E-state index contributed by atoms with van der Waals surface area (Å²) in [6.45, 7) is 2.13. The highest BCUT2D eigenvalue weighted by atomic mass is 35.5. The van der Waals surface area contributed by atoms with Crippen molar-refractivity contribution in [1.29, 1.82) is 0 Å². The van der Waals surface area contributed by atoms with Crippen molar-refractivity contribution in [2.45, 2.75) is 13.0 Å². The number of rotatable bonds is 5. The zero-order chi connectivity index (χ0) is 12.8. The summed E-state index contributed by atoms with van der Waals surface area (Å²) >= 11 is 0. The monoisotopic (exact) mass is 274 g/mol. The van der Waals surface area contributed by atoms with E-state index < -0.39 is 6.04 Å². The summed E-state index contributed by atoms with van der Waals surface area (Å²) < 4.78 is 10.0. The van der Waals surface area contributed by atoms with E-state index in [4.69, 9.17) is 15.2 Å². The molecule has 5 nitrogen and oxygen atoms in total. The van der Waals surface area contributed by atoms with Crippen molar-refractivity contribution in [2.24, 2.45) is 5.73 Å². The van der Waals surface area contributed by atoms with Crippen LogP contribution < -0.4 is 15.8 Å². The van der Waals surface area contributed by atoms with Crippen molar-refractivity contribution >= 4 is 24.0 Å². The van der Waals surface area contributed by atoms with Gasteiger partial charge in [-0.25, -0.2) is 0 Å². The maximum atomic E-state index is 11.7. The second-order valence-corrected chi connectivity index (χ2v) is 3.75. The summed E-state index contributed by atoms with van der Waals surface area (Å²) in [4.78, 5) is 11.7. The molecule has 1 aromatic carbocycles. The predicted molar refractivity (Wildman–Crippen MR) is 73.5 cm³/mol. The van der Waals surface area contributed by atoms with Gasteiger partial charge < -0.3 is 20.5 Å². The van der Waals surface area contributed by atoms with Gasteiger partial charge in [0.05, 0.1) is 19.4 Å². The highest BCUT2D eigenvalue weighted by molar-refractivity contribution is 5.96. The Labute approximate surface area is 113 Å². The molecule has 0 radical (unpaired) electrons. The third kappa shape index (κ3) is 4.52. The largest absolute Gasteiger partial charge is 0.495 e. The van der Waals surface area contributed by atoms with Crippen LogP contribution in [0.1, 0.15) is 5.56 Å². The number of amides is 1. The van der Waals surface area contributed by atoms with Crippen molar-refractivity contribution in [3.8, 4) is 5.75 Å². The Hall–Kier alpha value is -1.30. The summed E-state index contributed by atoms with van der Waals surface area (Å²) in [5, 5.41) is 2.70. The van der Waals surface area contributed by atoms with Gasteiger partial charge in [-0.3, -0.25) is 4.79 Å². The van der Waals surface area contributed by atoms with E-state index in [0.717, 1.165) is 5.56 Å². The Morgan fingerprint density at radius 3 is 2.67 bits per heavy atom. The van der Waals surface area contributed by atoms with Gasteiger partial charge in [0.15, 0.2) is 0 Å². The molecule has 0 saturated heterocycles. The summed E-state index contributed by atoms with van der Waals surface area (Å²) in [6.07, 6.45) is 0. The molecule has 0 fully saturated rings. The van der Waals surface area contributed by atoms with Crippen LogP contribution in [0.2, 0.25) is 0 Å². The molecule has 1 atom stereocenters. The van der Waals surface area contributed by atoms with Crippen molar-refractivity contribution in [2.75, 3.05) is 26.1 Å². The second kappa shape index (κ2) is 7.92. The first kappa shape index (κ1) is 16.7. The molecule has 1 unspecified atom stereocenters. The second-order valence-electron chi connectivity index (χ2n) is 3.75. The average Bonchev–Trinajstić information content (AvgIpc) is 2.31. The predicted octanol–water partition coefficient (Wildman–Crippen LogP) is 1.34. The molecule has 18 heavy (non-hydrogen) atoms. The molecule has 1 aromatic rings. The van der Waals surface area contributed by atoms with Crippen LogP contribution in [0.3, 0.4) is 0 Å². The summed E-state index contributed by atoms with van der Waals surface area (Å²) in [5.74, 6) is 0.317. The minimum Gasteiger partial charge on any atom is -0.495 e. The number of carbonyl (C=O) groups is 1. The van der Waals surface area contributed by atoms with Crippen LogP contribution in [0.15, 0.2) is 18.2 Å². The number of anilines is 1. The fourth-order valence-corrected chi connectivity index (χ4v) is 1.38. The van der Waals surface area contributed by atoms with Crippen LogP contribution in [-0.4, -0.2) is 32.8 Å². The number of aryl methyl sites for hydroxylation is 1. The Balaban J connectivity index is 0.00000289. The summed E-state index contributed by atoms with van der Waals surface area (Å²) in [5.41, 5.74) is 7.28. The Morgan fingerprint density at radius 2 is 2.11 bits per heavy atom. The average molecular weight is 275 g/mol. The highest BCUT2D eigenvalue weighted by Crippen LogP contribution is 2.25. The van der Waals surface area contributed by atoms with Gasteiger partial charge in [-0.05, 0) is 24.6 Å². The quantitative estimate of drug-likeness (QED) is 0.850. The van der Waals surface area contributed by atoms with Crippen LogP contribution >= 0.6 is 12.4 Å². The number of nitrogens with one attached hydrogen (secondary N) is 1. The van der Waals surface area contributed by atoms with Gasteiger partial charge in [-0.1, -0.05) is 6.07 Å². The summed E-state index contributed by atoms with van der Waals surface area (Å²) in [6, 6.07) is 4.83. The number of halogens is 1. The first-order valence-corrected chi connectivity index (χ1v) is 5.28. The fraction of sp³-hybridized carbons (Fsp3) is 0.417. The molecule has 1 rings (SSSR count).